The standard InChI is InChI=1S/C49H78O18/c1-9-61-39(59)38-37(65-40-34(56)30(52)25(51)22-62-40)33(55)36(58)42(66-38)64-29-13-14-46(6)27(45(29,4)5)12-15-48(8)28(46)11-10-23-24-20-44(2,3)16-18-49(24,19-17-47(23,48)7)43(60)67-41-35(57)32(54)31(53)26(21-50)63-41/h10,24-38,40-42,50-58H,9,11-22H2,1-8H3/t24?,25-,26-,27?,28?,29+,30+,31-,32+,33-,34-,35-,36-,37+,38+,40?,41+,42-,46+,47?,48-,49+/m1/s1. The summed E-state index contributed by atoms with van der Waals surface area (Å²) in [7, 11) is 0. The average Bonchev–Trinajstić information content (AvgIpc) is 3.27. The lowest BCUT2D eigenvalue weighted by molar-refractivity contribution is -0.355. The lowest BCUT2D eigenvalue weighted by Gasteiger charge is -2.71. The fourth-order valence-corrected chi connectivity index (χ4v) is 14.9. The predicted octanol–water partition coefficient (Wildman–Crippen LogP) is 1.35. The summed E-state index contributed by atoms with van der Waals surface area (Å²) in [5, 5.41) is 95.4. The molecule has 7 fully saturated rings. The summed E-state index contributed by atoms with van der Waals surface area (Å²) in [6.07, 6.45) is -12.7. The first kappa shape index (κ1) is 51.5. The van der Waals surface area contributed by atoms with Crippen molar-refractivity contribution in [1.29, 1.82) is 0 Å². The van der Waals surface area contributed by atoms with Crippen molar-refractivity contribution in [3.8, 4) is 0 Å². The molecular formula is C49H78O18. The van der Waals surface area contributed by atoms with Crippen LogP contribution in [0.25, 0.3) is 0 Å². The third-order valence-corrected chi connectivity index (χ3v) is 19.2. The van der Waals surface area contributed by atoms with Gasteiger partial charge in [-0.05, 0) is 116 Å². The van der Waals surface area contributed by atoms with Crippen LogP contribution in [-0.2, 0) is 42.7 Å². The number of rotatable bonds is 9. The second-order valence-electron chi connectivity index (χ2n) is 23.5. The molecule has 0 bridgehead atoms. The van der Waals surface area contributed by atoms with Crippen LogP contribution in [0.2, 0.25) is 0 Å². The molecule has 22 atom stereocenters. The number of hydrogen-bond donors (Lipinski definition) is 9. The Hall–Kier alpha value is -1.88. The van der Waals surface area contributed by atoms with Gasteiger partial charge in [0.25, 0.3) is 0 Å². The van der Waals surface area contributed by atoms with Crippen LogP contribution in [-0.4, -0.2) is 170 Å². The fraction of sp³-hybridized carbons (Fsp3) is 0.918. The van der Waals surface area contributed by atoms with Gasteiger partial charge in [-0.2, -0.15) is 0 Å². The molecule has 3 saturated heterocycles. The van der Waals surface area contributed by atoms with Gasteiger partial charge < -0.3 is 79.1 Å². The van der Waals surface area contributed by atoms with E-state index >= 15 is 0 Å². The molecule has 0 aromatic rings. The zero-order valence-corrected chi connectivity index (χ0v) is 40.4. The average molecular weight is 955 g/mol. The van der Waals surface area contributed by atoms with E-state index in [2.05, 4.69) is 54.5 Å². The van der Waals surface area contributed by atoms with E-state index in [0.717, 1.165) is 44.9 Å². The van der Waals surface area contributed by atoms with E-state index in [1.165, 1.54) is 5.57 Å². The van der Waals surface area contributed by atoms with Crippen molar-refractivity contribution in [1.82, 2.24) is 0 Å². The monoisotopic (exact) mass is 955 g/mol. The number of hydrogen-bond acceptors (Lipinski definition) is 18. The zero-order valence-electron chi connectivity index (χ0n) is 40.4. The molecule has 0 amide bonds. The highest BCUT2D eigenvalue weighted by atomic mass is 16.7. The van der Waals surface area contributed by atoms with Crippen molar-refractivity contribution in [3.05, 3.63) is 11.6 Å². The number of ether oxygens (including phenoxy) is 7. The van der Waals surface area contributed by atoms with Crippen molar-refractivity contribution < 1.29 is 88.7 Å². The molecule has 0 aromatic heterocycles. The molecule has 8 rings (SSSR count). The zero-order chi connectivity index (χ0) is 49.0. The van der Waals surface area contributed by atoms with Crippen molar-refractivity contribution in [3.63, 3.8) is 0 Å². The van der Waals surface area contributed by atoms with Gasteiger partial charge in [-0.3, -0.25) is 4.79 Å². The van der Waals surface area contributed by atoms with Gasteiger partial charge >= 0.3 is 11.9 Å². The Kier molecular flexibility index (Phi) is 14.1. The summed E-state index contributed by atoms with van der Waals surface area (Å²) in [5.74, 6) is -1.09. The minimum atomic E-state index is -1.76. The van der Waals surface area contributed by atoms with Crippen LogP contribution in [0.4, 0.5) is 0 Å². The van der Waals surface area contributed by atoms with Crippen molar-refractivity contribution >= 4 is 11.9 Å². The van der Waals surface area contributed by atoms with Gasteiger partial charge in [-0.15, -0.1) is 0 Å². The molecule has 382 valence electrons. The van der Waals surface area contributed by atoms with Crippen LogP contribution >= 0.6 is 0 Å². The van der Waals surface area contributed by atoms with E-state index in [-0.39, 0.29) is 52.6 Å². The molecule has 3 aliphatic heterocycles. The fourth-order valence-electron chi connectivity index (χ4n) is 14.9. The number of allylic oxidation sites excluding steroid dienone is 2. The lowest BCUT2D eigenvalue weighted by atomic mass is 9.33. The molecule has 0 spiro atoms. The summed E-state index contributed by atoms with van der Waals surface area (Å²) in [5.41, 5.74) is -0.707. The second-order valence-corrected chi connectivity index (χ2v) is 23.5. The Balaban J connectivity index is 1.02. The van der Waals surface area contributed by atoms with E-state index in [0.29, 0.717) is 19.3 Å². The van der Waals surface area contributed by atoms with Gasteiger partial charge in [0.05, 0.1) is 31.3 Å². The molecule has 18 nitrogen and oxygen atoms in total. The SMILES string of the molecule is CCOC(=O)[C@H]1O[C@@H](O[C@H]2CC[C@@]3(C)C(CC[C@]4(C)C3CC=C3C5CC(C)(C)CC[C@]5(C(=O)O[C@@H]5O[C@H](CO)[C@@H](O)[C@H](O)[C@H]5O)CCC34C)C2(C)C)[C@H](O)[C@@H](O)[C@@H]1OC1OC[C@@H](O)[C@H](O)[C@H]1O. The van der Waals surface area contributed by atoms with Gasteiger partial charge in [0.1, 0.15) is 61.0 Å². The van der Waals surface area contributed by atoms with E-state index in [9.17, 15) is 55.5 Å². The number of aliphatic hydroxyl groups excluding tert-OH is 9. The van der Waals surface area contributed by atoms with E-state index < -0.39 is 121 Å². The molecule has 4 saturated carbocycles. The minimum Gasteiger partial charge on any atom is -0.464 e. The minimum absolute atomic E-state index is 0.0215. The molecule has 0 radical (unpaired) electrons. The number of carbonyl (C=O) groups is 2. The highest BCUT2D eigenvalue weighted by Gasteiger charge is 2.70. The van der Waals surface area contributed by atoms with Crippen LogP contribution in [0, 0.1) is 50.2 Å². The van der Waals surface area contributed by atoms with E-state index in [1.54, 1.807) is 6.92 Å². The van der Waals surface area contributed by atoms with E-state index in [1.807, 2.05) is 0 Å². The maximum absolute atomic E-state index is 14.7. The highest BCUT2D eigenvalue weighted by Crippen LogP contribution is 2.76. The predicted molar refractivity (Wildman–Crippen MR) is 234 cm³/mol. The number of aliphatic hydroxyl groups is 9. The summed E-state index contributed by atoms with van der Waals surface area (Å²) in [4.78, 5) is 28.0. The topological polar surface area (TPSA) is 281 Å². The quantitative estimate of drug-likeness (QED) is 0.0896. The molecule has 9 N–H and O–H groups in total. The highest BCUT2D eigenvalue weighted by molar-refractivity contribution is 5.79. The summed E-state index contributed by atoms with van der Waals surface area (Å²) in [6.45, 7) is 16.6. The third-order valence-electron chi connectivity index (χ3n) is 19.2. The normalized spacial score (nSPS) is 51.4. The molecule has 0 aromatic carbocycles. The lowest BCUT2D eigenvalue weighted by Crippen LogP contribution is -2.67. The molecule has 18 heteroatoms. The van der Waals surface area contributed by atoms with Crippen LogP contribution in [0.1, 0.15) is 120 Å². The summed E-state index contributed by atoms with van der Waals surface area (Å²) < 4.78 is 40.9. The summed E-state index contributed by atoms with van der Waals surface area (Å²) >= 11 is 0. The van der Waals surface area contributed by atoms with Crippen LogP contribution in [0.15, 0.2) is 11.6 Å². The van der Waals surface area contributed by atoms with Gasteiger partial charge in [-0.25, -0.2) is 4.79 Å². The number of esters is 2. The Morgan fingerprint density at radius 2 is 1.39 bits per heavy atom. The Morgan fingerprint density at radius 1 is 0.716 bits per heavy atom. The van der Waals surface area contributed by atoms with Gasteiger partial charge in [0, 0.05) is 0 Å². The molecule has 67 heavy (non-hydrogen) atoms. The first-order chi connectivity index (χ1) is 31.3. The molecular weight excluding hydrogens is 877 g/mol. The first-order valence-corrected chi connectivity index (χ1v) is 24.7. The maximum Gasteiger partial charge on any atom is 0.338 e. The van der Waals surface area contributed by atoms with Crippen molar-refractivity contribution in [2.24, 2.45) is 50.2 Å². The van der Waals surface area contributed by atoms with Crippen LogP contribution in [0.5, 0.6) is 0 Å². The maximum atomic E-state index is 14.7. The summed E-state index contributed by atoms with van der Waals surface area (Å²) in [6, 6.07) is 0. The van der Waals surface area contributed by atoms with Crippen molar-refractivity contribution in [2.45, 2.75) is 212 Å². The second kappa shape index (κ2) is 18.3. The third kappa shape index (κ3) is 8.26. The largest absolute Gasteiger partial charge is 0.464 e. The number of fused-ring (bicyclic) bond motifs is 7. The van der Waals surface area contributed by atoms with Crippen molar-refractivity contribution in [2.75, 3.05) is 19.8 Å². The van der Waals surface area contributed by atoms with Crippen LogP contribution in [0.3, 0.4) is 0 Å². The number of carbonyl (C=O) groups excluding carboxylic acids is 2. The van der Waals surface area contributed by atoms with E-state index in [4.69, 9.17) is 33.2 Å². The Morgan fingerprint density at radius 3 is 2.07 bits per heavy atom. The van der Waals surface area contributed by atoms with Gasteiger partial charge in [0.2, 0.25) is 6.29 Å². The van der Waals surface area contributed by atoms with Crippen LogP contribution < -0.4 is 0 Å². The smallest absolute Gasteiger partial charge is 0.338 e. The molecule has 3 heterocycles. The van der Waals surface area contributed by atoms with Gasteiger partial charge in [0.15, 0.2) is 18.7 Å². The molecule has 8 aliphatic rings. The molecule has 5 unspecified atom stereocenters. The molecule has 5 aliphatic carbocycles. The van der Waals surface area contributed by atoms with Gasteiger partial charge in [-0.1, -0.05) is 60.1 Å². The Labute approximate surface area is 393 Å². The first-order valence-electron chi connectivity index (χ1n) is 24.7. The Bertz CT molecular complexity index is 1860.